The van der Waals surface area contributed by atoms with Crippen LogP contribution in [-0.4, -0.2) is 16.8 Å². The van der Waals surface area contributed by atoms with Gasteiger partial charge in [-0.15, -0.1) is 0 Å². The van der Waals surface area contributed by atoms with Crippen LogP contribution < -0.4 is 4.74 Å². The first-order valence-corrected chi connectivity index (χ1v) is 6.76. The quantitative estimate of drug-likeness (QED) is 0.833. The molecule has 0 spiro atoms. The molecular formula is C17H18O3. The molecule has 0 saturated carbocycles. The van der Waals surface area contributed by atoms with Crippen LogP contribution in [0, 0.1) is 0 Å². The zero-order valence-corrected chi connectivity index (χ0v) is 11.6. The van der Waals surface area contributed by atoms with Crippen molar-refractivity contribution in [2.45, 2.75) is 25.2 Å². The first-order chi connectivity index (χ1) is 9.50. The average Bonchev–Trinajstić information content (AvgIpc) is 2.44. The molecule has 1 unspecified atom stereocenters. The van der Waals surface area contributed by atoms with E-state index in [4.69, 9.17) is 4.74 Å². The normalized spacial score (nSPS) is 24.8. The molecule has 0 fully saturated rings. The molecule has 104 valence electrons. The second-order valence-electron chi connectivity index (χ2n) is 5.70. The molecule has 1 heterocycles. The van der Waals surface area contributed by atoms with Gasteiger partial charge in [0.2, 0.25) is 0 Å². The highest BCUT2D eigenvalue weighted by Gasteiger charge is 2.39. The van der Waals surface area contributed by atoms with Gasteiger partial charge in [-0.05, 0) is 35.2 Å². The molecule has 0 bridgehead atoms. The Kier molecular flexibility index (Phi) is 2.85. The number of aromatic hydroxyl groups is 2. The van der Waals surface area contributed by atoms with Gasteiger partial charge >= 0.3 is 0 Å². The second kappa shape index (κ2) is 4.44. The molecule has 0 saturated heterocycles. The van der Waals surface area contributed by atoms with Crippen LogP contribution in [-0.2, 0) is 5.41 Å². The lowest BCUT2D eigenvalue weighted by Gasteiger charge is -2.41. The van der Waals surface area contributed by atoms with E-state index in [9.17, 15) is 10.2 Å². The van der Waals surface area contributed by atoms with Crippen molar-refractivity contribution in [3.63, 3.8) is 0 Å². The Balaban J connectivity index is 2.04. The van der Waals surface area contributed by atoms with Crippen LogP contribution in [0.25, 0.3) is 0 Å². The van der Waals surface area contributed by atoms with Crippen LogP contribution in [0.1, 0.15) is 30.9 Å². The summed E-state index contributed by atoms with van der Waals surface area (Å²) in [6, 6.07) is 12.6. The summed E-state index contributed by atoms with van der Waals surface area (Å²) >= 11 is 0. The van der Waals surface area contributed by atoms with Gasteiger partial charge < -0.3 is 14.9 Å². The van der Waals surface area contributed by atoms with Crippen LogP contribution in [0.4, 0.5) is 0 Å². The summed E-state index contributed by atoms with van der Waals surface area (Å²) in [5.74, 6) is 1.52. The predicted octanol–water partition coefficient (Wildman–Crippen LogP) is 3.55. The SMILES string of the molecule is CC1c2ccc(O)cc2OC[C@]1(C)c1ccc(O)cc1. The molecule has 2 atom stereocenters. The van der Waals surface area contributed by atoms with Crippen molar-refractivity contribution >= 4 is 0 Å². The Morgan fingerprint density at radius 1 is 1.05 bits per heavy atom. The van der Waals surface area contributed by atoms with Crippen molar-refractivity contribution in [1.29, 1.82) is 0 Å². The third kappa shape index (κ3) is 1.90. The summed E-state index contributed by atoms with van der Waals surface area (Å²) in [5, 5.41) is 19.0. The number of fused-ring (bicyclic) bond motifs is 1. The molecule has 2 aromatic rings. The number of hydrogen-bond donors (Lipinski definition) is 2. The number of ether oxygens (including phenoxy) is 1. The van der Waals surface area contributed by atoms with E-state index >= 15 is 0 Å². The maximum Gasteiger partial charge on any atom is 0.126 e. The zero-order valence-electron chi connectivity index (χ0n) is 11.6. The minimum Gasteiger partial charge on any atom is -0.508 e. The van der Waals surface area contributed by atoms with Crippen LogP contribution in [0.5, 0.6) is 17.2 Å². The van der Waals surface area contributed by atoms with Gasteiger partial charge in [0, 0.05) is 11.5 Å². The van der Waals surface area contributed by atoms with E-state index in [1.54, 1.807) is 24.3 Å². The van der Waals surface area contributed by atoms with Crippen LogP contribution in [0.3, 0.4) is 0 Å². The van der Waals surface area contributed by atoms with E-state index in [0.717, 1.165) is 16.9 Å². The smallest absolute Gasteiger partial charge is 0.126 e. The highest BCUT2D eigenvalue weighted by molar-refractivity contribution is 5.47. The summed E-state index contributed by atoms with van der Waals surface area (Å²) in [4.78, 5) is 0. The van der Waals surface area contributed by atoms with E-state index in [1.165, 1.54) is 0 Å². The monoisotopic (exact) mass is 270 g/mol. The molecule has 0 radical (unpaired) electrons. The Bertz CT molecular complexity index is 633. The first-order valence-electron chi connectivity index (χ1n) is 6.76. The fraction of sp³-hybridized carbons (Fsp3) is 0.294. The Labute approximate surface area is 118 Å². The maximum absolute atomic E-state index is 9.54. The van der Waals surface area contributed by atoms with Crippen LogP contribution >= 0.6 is 0 Å². The summed E-state index contributed by atoms with van der Waals surface area (Å²) in [6.45, 7) is 4.89. The lowest BCUT2D eigenvalue weighted by molar-refractivity contribution is 0.175. The van der Waals surface area contributed by atoms with Gasteiger partial charge in [-0.2, -0.15) is 0 Å². The number of phenolic OH excluding ortho intramolecular Hbond substituents is 2. The van der Waals surface area contributed by atoms with E-state index in [2.05, 4.69) is 13.8 Å². The summed E-state index contributed by atoms with van der Waals surface area (Å²) in [6.07, 6.45) is 0. The van der Waals surface area contributed by atoms with E-state index in [1.807, 2.05) is 18.2 Å². The minimum absolute atomic E-state index is 0.155. The molecule has 0 aromatic heterocycles. The number of phenols is 2. The molecule has 1 aliphatic rings. The molecule has 1 aliphatic heterocycles. The highest BCUT2D eigenvalue weighted by Crippen LogP contribution is 2.47. The van der Waals surface area contributed by atoms with E-state index in [-0.39, 0.29) is 22.8 Å². The van der Waals surface area contributed by atoms with Crippen LogP contribution in [0.15, 0.2) is 42.5 Å². The zero-order chi connectivity index (χ0) is 14.3. The molecule has 2 aromatic carbocycles. The largest absolute Gasteiger partial charge is 0.508 e. The molecule has 3 nitrogen and oxygen atoms in total. The maximum atomic E-state index is 9.54. The lowest BCUT2D eigenvalue weighted by atomic mass is 9.69. The van der Waals surface area contributed by atoms with Gasteiger partial charge in [0.25, 0.3) is 0 Å². The Morgan fingerprint density at radius 3 is 2.40 bits per heavy atom. The second-order valence-corrected chi connectivity index (χ2v) is 5.70. The van der Waals surface area contributed by atoms with Crippen molar-refractivity contribution in [2.24, 2.45) is 0 Å². The van der Waals surface area contributed by atoms with Gasteiger partial charge in [0.1, 0.15) is 17.2 Å². The summed E-state index contributed by atoms with van der Waals surface area (Å²) < 4.78 is 5.85. The number of benzene rings is 2. The van der Waals surface area contributed by atoms with Crippen LogP contribution in [0.2, 0.25) is 0 Å². The Hall–Kier alpha value is -2.16. The van der Waals surface area contributed by atoms with Crippen molar-refractivity contribution < 1.29 is 14.9 Å². The van der Waals surface area contributed by atoms with Gasteiger partial charge in [-0.25, -0.2) is 0 Å². The Morgan fingerprint density at radius 2 is 1.70 bits per heavy atom. The fourth-order valence-corrected chi connectivity index (χ4v) is 2.88. The van der Waals surface area contributed by atoms with Crippen molar-refractivity contribution in [3.8, 4) is 17.2 Å². The van der Waals surface area contributed by atoms with Gasteiger partial charge in [0.05, 0.1) is 6.61 Å². The average molecular weight is 270 g/mol. The fourth-order valence-electron chi connectivity index (χ4n) is 2.88. The lowest BCUT2D eigenvalue weighted by Crippen LogP contribution is -2.39. The van der Waals surface area contributed by atoms with Gasteiger partial charge in [0.15, 0.2) is 0 Å². The standard InChI is InChI=1S/C17H18O3/c1-11-15-8-7-14(19)9-16(15)20-10-17(11,2)12-3-5-13(18)6-4-12/h3-9,11,18-19H,10H2,1-2H3/t11?,17-/m0/s1. The minimum atomic E-state index is -0.155. The molecule has 0 aliphatic carbocycles. The number of hydrogen-bond acceptors (Lipinski definition) is 3. The van der Waals surface area contributed by atoms with Crippen molar-refractivity contribution in [1.82, 2.24) is 0 Å². The third-order valence-corrected chi connectivity index (χ3v) is 4.47. The first kappa shape index (κ1) is 12.9. The third-order valence-electron chi connectivity index (χ3n) is 4.47. The summed E-state index contributed by atoms with van der Waals surface area (Å²) in [7, 11) is 0. The molecule has 20 heavy (non-hydrogen) atoms. The molecular weight excluding hydrogens is 252 g/mol. The highest BCUT2D eigenvalue weighted by atomic mass is 16.5. The van der Waals surface area contributed by atoms with Gasteiger partial charge in [-0.3, -0.25) is 0 Å². The molecule has 3 rings (SSSR count). The molecule has 0 amide bonds. The predicted molar refractivity (Wildman–Crippen MR) is 77.5 cm³/mol. The van der Waals surface area contributed by atoms with E-state index in [0.29, 0.717) is 6.61 Å². The molecule has 2 N–H and O–H groups in total. The van der Waals surface area contributed by atoms with E-state index < -0.39 is 0 Å². The van der Waals surface area contributed by atoms with Crippen molar-refractivity contribution in [3.05, 3.63) is 53.6 Å². The number of rotatable bonds is 1. The topological polar surface area (TPSA) is 49.7 Å². The summed E-state index contributed by atoms with van der Waals surface area (Å²) in [5.41, 5.74) is 2.09. The molecule has 3 heteroatoms. The van der Waals surface area contributed by atoms with Gasteiger partial charge in [-0.1, -0.05) is 32.0 Å². The van der Waals surface area contributed by atoms with Crippen molar-refractivity contribution in [2.75, 3.05) is 6.61 Å².